The molecule has 2 aromatic carbocycles. The molecule has 0 spiro atoms. The Kier molecular flexibility index (Phi) is 7.08. The summed E-state index contributed by atoms with van der Waals surface area (Å²) >= 11 is 1.37. The molecular formula is C21H24N4O2S. The molecule has 146 valence electrons. The molecule has 0 aliphatic rings. The molecule has 0 aliphatic heterocycles. The van der Waals surface area contributed by atoms with Crippen molar-refractivity contribution in [3.8, 4) is 11.4 Å². The van der Waals surface area contributed by atoms with E-state index in [2.05, 4.69) is 22.4 Å². The molecule has 0 saturated heterocycles. The maximum atomic E-state index is 12.5. The smallest absolute Gasteiger partial charge is 0.230 e. The van der Waals surface area contributed by atoms with E-state index in [4.69, 9.17) is 4.74 Å². The van der Waals surface area contributed by atoms with Crippen LogP contribution in [-0.2, 0) is 4.79 Å². The summed E-state index contributed by atoms with van der Waals surface area (Å²) in [5.74, 6) is 1.05. The average molecular weight is 397 g/mol. The molecule has 1 unspecified atom stereocenters. The van der Waals surface area contributed by atoms with Gasteiger partial charge in [-0.2, -0.15) is 0 Å². The molecule has 3 aromatic rings. The number of benzene rings is 2. The zero-order valence-electron chi connectivity index (χ0n) is 16.0. The van der Waals surface area contributed by atoms with Gasteiger partial charge in [0.15, 0.2) is 5.16 Å². The summed E-state index contributed by atoms with van der Waals surface area (Å²) in [5.41, 5.74) is 2.05. The Morgan fingerprint density at radius 1 is 1.18 bits per heavy atom. The molecule has 1 atom stereocenters. The summed E-state index contributed by atoms with van der Waals surface area (Å²) < 4.78 is 7.05. The maximum absolute atomic E-state index is 12.5. The first-order chi connectivity index (χ1) is 13.7. The van der Waals surface area contributed by atoms with Gasteiger partial charge in [-0.1, -0.05) is 55.4 Å². The molecule has 1 heterocycles. The van der Waals surface area contributed by atoms with Crippen LogP contribution in [0.5, 0.6) is 5.75 Å². The second-order valence-corrected chi connectivity index (χ2v) is 7.23. The minimum Gasteiger partial charge on any atom is -0.497 e. The molecular weight excluding hydrogens is 372 g/mol. The van der Waals surface area contributed by atoms with Crippen LogP contribution >= 0.6 is 11.8 Å². The lowest BCUT2D eigenvalue weighted by Gasteiger charge is -2.18. The third-order valence-electron chi connectivity index (χ3n) is 4.31. The van der Waals surface area contributed by atoms with Gasteiger partial charge in [0.2, 0.25) is 5.91 Å². The summed E-state index contributed by atoms with van der Waals surface area (Å²) in [5, 5.41) is 11.9. The van der Waals surface area contributed by atoms with E-state index in [0.29, 0.717) is 5.16 Å². The Labute approximate surface area is 169 Å². The number of carbonyl (C=O) groups is 1. The molecule has 7 heteroatoms. The van der Waals surface area contributed by atoms with Crippen LogP contribution in [0.3, 0.4) is 0 Å². The molecule has 28 heavy (non-hydrogen) atoms. The van der Waals surface area contributed by atoms with Crippen LogP contribution in [0, 0.1) is 0 Å². The van der Waals surface area contributed by atoms with Gasteiger partial charge in [0, 0.05) is 5.69 Å². The van der Waals surface area contributed by atoms with E-state index in [1.807, 2.05) is 59.2 Å². The van der Waals surface area contributed by atoms with Crippen LogP contribution in [0.2, 0.25) is 0 Å². The topological polar surface area (TPSA) is 69.0 Å². The van der Waals surface area contributed by atoms with Gasteiger partial charge in [0.25, 0.3) is 0 Å². The average Bonchev–Trinajstić information content (AvgIpc) is 3.21. The highest BCUT2D eigenvalue weighted by molar-refractivity contribution is 7.99. The summed E-state index contributed by atoms with van der Waals surface area (Å²) in [6.07, 6.45) is 3.55. The van der Waals surface area contributed by atoms with E-state index in [1.165, 1.54) is 11.8 Å². The number of aromatic nitrogens is 3. The minimum absolute atomic E-state index is 0.0171. The fourth-order valence-electron chi connectivity index (χ4n) is 2.91. The van der Waals surface area contributed by atoms with Crippen molar-refractivity contribution in [2.24, 2.45) is 0 Å². The first-order valence-electron chi connectivity index (χ1n) is 9.22. The van der Waals surface area contributed by atoms with Gasteiger partial charge in [-0.05, 0) is 36.2 Å². The van der Waals surface area contributed by atoms with Crippen molar-refractivity contribution in [1.29, 1.82) is 0 Å². The SMILES string of the molecule is CCCC(NC(=O)CSc1nncn1-c1ccc(OC)cc1)c1ccccc1. The van der Waals surface area contributed by atoms with Crippen molar-refractivity contribution in [3.05, 3.63) is 66.5 Å². The molecule has 0 aliphatic carbocycles. The van der Waals surface area contributed by atoms with Crippen LogP contribution in [0.4, 0.5) is 0 Å². The summed E-state index contributed by atoms with van der Waals surface area (Å²) in [6, 6.07) is 17.7. The highest BCUT2D eigenvalue weighted by Crippen LogP contribution is 2.22. The Hall–Kier alpha value is -2.80. The Balaban J connectivity index is 1.62. The third kappa shape index (κ3) is 5.13. The van der Waals surface area contributed by atoms with Gasteiger partial charge in [-0.15, -0.1) is 10.2 Å². The maximum Gasteiger partial charge on any atom is 0.230 e. The van der Waals surface area contributed by atoms with Crippen molar-refractivity contribution in [1.82, 2.24) is 20.1 Å². The molecule has 1 aromatic heterocycles. The molecule has 1 amide bonds. The number of hydrogen-bond donors (Lipinski definition) is 1. The van der Waals surface area contributed by atoms with Crippen LogP contribution in [-0.4, -0.2) is 33.5 Å². The standard InChI is InChI=1S/C21H24N4O2S/c1-3-7-19(16-8-5-4-6-9-16)23-20(26)14-28-21-24-22-15-25(21)17-10-12-18(27-2)13-11-17/h4-6,8-13,15,19H,3,7,14H2,1-2H3,(H,23,26). The molecule has 3 rings (SSSR count). The van der Waals surface area contributed by atoms with Crippen molar-refractivity contribution in [2.45, 2.75) is 31.0 Å². The quantitative estimate of drug-likeness (QED) is 0.553. The predicted molar refractivity (Wildman–Crippen MR) is 111 cm³/mol. The third-order valence-corrected chi connectivity index (χ3v) is 5.26. The number of hydrogen-bond acceptors (Lipinski definition) is 5. The van der Waals surface area contributed by atoms with Gasteiger partial charge in [0.05, 0.1) is 18.9 Å². The fourth-order valence-corrected chi connectivity index (χ4v) is 3.65. The number of carbonyl (C=O) groups excluding carboxylic acids is 1. The van der Waals surface area contributed by atoms with E-state index in [-0.39, 0.29) is 17.7 Å². The highest BCUT2D eigenvalue weighted by atomic mass is 32.2. The largest absolute Gasteiger partial charge is 0.497 e. The molecule has 0 saturated carbocycles. The number of amides is 1. The predicted octanol–water partition coefficient (Wildman–Crippen LogP) is 4.03. The fraction of sp³-hybridized carbons (Fsp3) is 0.286. The highest BCUT2D eigenvalue weighted by Gasteiger charge is 2.15. The first-order valence-corrected chi connectivity index (χ1v) is 10.2. The normalized spacial score (nSPS) is 11.8. The monoisotopic (exact) mass is 396 g/mol. The number of methoxy groups -OCH3 is 1. The number of rotatable bonds is 9. The summed E-state index contributed by atoms with van der Waals surface area (Å²) in [7, 11) is 1.63. The van der Waals surface area contributed by atoms with Gasteiger partial charge in [-0.25, -0.2) is 0 Å². The Bertz CT molecular complexity index is 881. The summed E-state index contributed by atoms with van der Waals surface area (Å²) in [6.45, 7) is 2.12. The van der Waals surface area contributed by atoms with E-state index >= 15 is 0 Å². The van der Waals surface area contributed by atoms with Crippen molar-refractivity contribution in [2.75, 3.05) is 12.9 Å². The first kappa shape index (κ1) is 19.9. The van der Waals surface area contributed by atoms with E-state index < -0.39 is 0 Å². The van der Waals surface area contributed by atoms with E-state index in [9.17, 15) is 4.79 Å². The number of nitrogens with one attached hydrogen (secondary N) is 1. The van der Waals surface area contributed by atoms with Gasteiger partial charge >= 0.3 is 0 Å². The molecule has 6 nitrogen and oxygen atoms in total. The second kappa shape index (κ2) is 9.94. The van der Waals surface area contributed by atoms with Gasteiger partial charge in [0.1, 0.15) is 12.1 Å². The van der Waals surface area contributed by atoms with Crippen molar-refractivity contribution >= 4 is 17.7 Å². The molecule has 0 radical (unpaired) electrons. The minimum atomic E-state index is -0.0171. The number of nitrogens with zero attached hydrogens (tertiary/aromatic N) is 3. The van der Waals surface area contributed by atoms with Crippen LogP contribution in [0.15, 0.2) is 66.1 Å². The second-order valence-electron chi connectivity index (χ2n) is 6.29. The van der Waals surface area contributed by atoms with Gasteiger partial charge < -0.3 is 10.1 Å². The summed E-state index contributed by atoms with van der Waals surface area (Å²) in [4.78, 5) is 12.5. The zero-order valence-corrected chi connectivity index (χ0v) is 16.9. The van der Waals surface area contributed by atoms with E-state index in [1.54, 1.807) is 13.4 Å². The molecule has 1 N–H and O–H groups in total. The lowest BCUT2D eigenvalue weighted by Crippen LogP contribution is -2.30. The lowest BCUT2D eigenvalue weighted by molar-refractivity contribution is -0.119. The van der Waals surface area contributed by atoms with Crippen molar-refractivity contribution in [3.63, 3.8) is 0 Å². The van der Waals surface area contributed by atoms with Crippen LogP contribution < -0.4 is 10.1 Å². The number of ether oxygens (including phenoxy) is 1. The molecule has 0 bridgehead atoms. The Morgan fingerprint density at radius 2 is 1.93 bits per heavy atom. The van der Waals surface area contributed by atoms with E-state index in [0.717, 1.165) is 29.8 Å². The molecule has 0 fully saturated rings. The van der Waals surface area contributed by atoms with Crippen molar-refractivity contribution < 1.29 is 9.53 Å². The Morgan fingerprint density at radius 3 is 2.61 bits per heavy atom. The lowest BCUT2D eigenvalue weighted by atomic mass is 10.0. The van der Waals surface area contributed by atoms with Gasteiger partial charge in [-0.3, -0.25) is 9.36 Å². The van der Waals surface area contributed by atoms with Crippen LogP contribution in [0.25, 0.3) is 5.69 Å². The van der Waals surface area contributed by atoms with Crippen LogP contribution in [0.1, 0.15) is 31.4 Å². The zero-order chi connectivity index (χ0) is 19.8. The number of thioether (sulfide) groups is 1.